The van der Waals surface area contributed by atoms with E-state index in [4.69, 9.17) is 4.74 Å². The Morgan fingerprint density at radius 3 is 2.81 bits per heavy atom. The highest BCUT2D eigenvalue weighted by Crippen LogP contribution is 1.95. The van der Waals surface area contributed by atoms with Crippen molar-refractivity contribution >= 4 is 0 Å². The second-order valence-corrected chi connectivity index (χ2v) is 3.87. The minimum atomic E-state index is 0.659. The van der Waals surface area contributed by atoms with Gasteiger partial charge in [-0.3, -0.25) is 4.98 Å². The predicted octanol–water partition coefficient (Wildman–Crippen LogP) is 1.81. The average molecular weight is 220 g/mol. The zero-order valence-electron chi connectivity index (χ0n) is 9.91. The van der Waals surface area contributed by atoms with E-state index in [1.165, 1.54) is 5.56 Å². The number of nitrogens with zero attached hydrogens (tertiary/aromatic N) is 1. The molecule has 0 amide bonds. The molecular formula is C13H20N2O. The largest absolute Gasteiger partial charge is 0.376 e. The van der Waals surface area contributed by atoms with E-state index in [0.29, 0.717) is 6.61 Å². The van der Waals surface area contributed by atoms with Gasteiger partial charge in [-0.2, -0.15) is 0 Å². The lowest BCUT2D eigenvalue weighted by molar-refractivity contribution is 0.158. The van der Waals surface area contributed by atoms with Crippen molar-refractivity contribution < 1.29 is 4.74 Å². The Bertz CT molecular complexity index is 298. The number of nitrogens with one attached hydrogen (secondary N) is 1. The van der Waals surface area contributed by atoms with E-state index in [2.05, 4.69) is 16.9 Å². The maximum Gasteiger partial charge on any atom is 0.0672 e. The first kappa shape index (κ1) is 12.9. The molecule has 1 N–H and O–H groups in total. The number of aromatic nitrogens is 1. The minimum Gasteiger partial charge on any atom is -0.376 e. The number of hydrogen-bond donors (Lipinski definition) is 1. The molecule has 0 bridgehead atoms. The van der Waals surface area contributed by atoms with E-state index in [9.17, 15) is 0 Å². The molecule has 1 heterocycles. The maximum absolute atomic E-state index is 5.38. The van der Waals surface area contributed by atoms with Gasteiger partial charge in [0, 0.05) is 18.9 Å². The Hall–Kier alpha value is -1.19. The molecule has 16 heavy (non-hydrogen) atoms. The van der Waals surface area contributed by atoms with Gasteiger partial charge in [-0.25, -0.2) is 0 Å². The van der Waals surface area contributed by atoms with Crippen molar-refractivity contribution in [3.63, 3.8) is 0 Å². The van der Waals surface area contributed by atoms with E-state index in [0.717, 1.165) is 31.7 Å². The van der Waals surface area contributed by atoms with Gasteiger partial charge in [-0.1, -0.05) is 12.2 Å². The van der Waals surface area contributed by atoms with Crippen molar-refractivity contribution in [2.24, 2.45) is 0 Å². The van der Waals surface area contributed by atoms with Crippen LogP contribution in [0.2, 0.25) is 0 Å². The van der Waals surface area contributed by atoms with Crippen molar-refractivity contribution in [1.82, 2.24) is 10.3 Å². The van der Waals surface area contributed by atoms with Crippen molar-refractivity contribution in [1.29, 1.82) is 0 Å². The van der Waals surface area contributed by atoms with Crippen LogP contribution < -0.4 is 5.32 Å². The van der Waals surface area contributed by atoms with E-state index in [-0.39, 0.29) is 0 Å². The molecule has 88 valence electrons. The van der Waals surface area contributed by atoms with Crippen LogP contribution in [-0.2, 0) is 11.2 Å². The standard InChI is InChI=1S/C13H20N2O/c1-12(2)11-16-10-9-15-8-5-13-3-6-14-7-4-13/h3-4,6-7,15H,1,5,8-11H2,2H3. The molecule has 0 aliphatic rings. The monoisotopic (exact) mass is 220 g/mol. The number of hydrogen-bond acceptors (Lipinski definition) is 3. The van der Waals surface area contributed by atoms with Crippen LogP contribution >= 0.6 is 0 Å². The van der Waals surface area contributed by atoms with E-state index >= 15 is 0 Å². The second-order valence-electron chi connectivity index (χ2n) is 3.87. The van der Waals surface area contributed by atoms with Crippen LogP contribution in [-0.4, -0.2) is 31.3 Å². The van der Waals surface area contributed by atoms with Gasteiger partial charge in [-0.15, -0.1) is 0 Å². The second kappa shape index (κ2) is 8.02. The minimum absolute atomic E-state index is 0.659. The quantitative estimate of drug-likeness (QED) is 0.536. The number of ether oxygens (including phenoxy) is 1. The summed E-state index contributed by atoms with van der Waals surface area (Å²) < 4.78 is 5.38. The molecule has 0 atom stereocenters. The Morgan fingerprint density at radius 1 is 1.38 bits per heavy atom. The van der Waals surface area contributed by atoms with Gasteiger partial charge >= 0.3 is 0 Å². The smallest absolute Gasteiger partial charge is 0.0672 e. The highest BCUT2D eigenvalue weighted by molar-refractivity contribution is 5.09. The SMILES string of the molecule is C=C(C)COCCNCCc1ccncc1. The van der Waals surface area contributed by atoms with Gasteiger partial charge in [0.1, 0.15) is 0 Å². The Labute approximate surface area is 97.5 Å². The summed E-state index contributed by atoms with van der Waals surface area (Å²) in [5.41, 5.74) is 2.38. The topological polar surface area (TPSA) is 34.1 Å². The van der Waals surface area contributed by atoms with Crippen LogP contribution in [0.25, 0.3) is 0 Å². The van der Waals surface area contributed by atoms with E-state index < -0.39 is 0 Å². The highest BCUT2D eigenvalue weighted by Gasteiger charge is 1.92. The summed E-state index contributed by atoms with van der Waals surface area (Å²) in [6, 6.07) is 4.08. The number of pyridine rings is 1. The molecule has 0 aliphatic carbocycles. The fourth-order valence-corrected chi connectivity index (χ4v) is 1.30. The average Bonchev–Trinajstić information content (AvgIpc) is 2.29. The molecule has 0 radical (unpaired) electrons. The van der Waals surface area contributed by atoms with Crippen LogP contribution in [0.5, 0.6) is 0 Å². The summed E-state index contributed by atoms with van der Waals surface area (Å²) in [5, 5.41) is 3.33. The zero-order chi connectivity index (χ0) is 11.6. The van der Waals surface area contributed by atoms with Crippen LogP contribution in [0.4, 0.5) is 0 Å². The van der Waals surface area contributed by atoms with Crippen LogP contribution in [0, 0.1) is 0 Å². The normalized spacial score (nSPS) is 10.3. The van der Waals surface area contributed by atoms with Gasteiger partial charge in [0.2, 0.25) is 0 Å². The van der Waals surface area contributed by atoms with Gasteiger partial charge in [0.15, 0.2) is 0 Å². The molecule has 0 aliphatic heterocycles. The first-order valence-corrected chi connectivity index (χ1v) is 5.61. The summed E-state index contributed by atoms with van der Waals surface area (Å²) in [6.07, 6.45) is 4.68. The summed E-state index contributed by atoms with van der Waals surface area (Å²) in [7, 11) is 0. The Morgan fingerprint density at radius 2 is 2.12 bits per heavy atom. The molecule has 1 aromatic heterocycles. The molecule has 0 unspecified atom stereocenters. The first-order chi connectivity index (χ1) is 7.79. The summed E-state index contributed by atoms with van der Waals surface area (Å²) in [5.74, 6) is 0. The van der Waals surface area contributed by atoms with Crippen LogP contribution in [0.15, 0.2) is 36.7 Å². The Kier molecular flexibility index (Phi) is 6.45. The molecule has 3 nitrogen and oxygen atoms in total. The zero-order valence-corrected chi connectivity index (χ0v) is 9.91. The molecule has 0 saturated heterocycles. The lowest BCUT2D eigenvalue weighted by Crippen LogP contribution is -2.22. The predicted molar refractivity (Wildman–Crippen MR) is 66.4 cm³/mol. The molecule has 0 spiro atoms. The highest BCUT2D eigenvalue weighted by atomic mass is 16.5. The van der Waals surface area contributed by atoms with E-state index in [1.54, 1.807) is 0 Å². The summed E-state index contributed by atoms with van der Waals surface area (Å²) >= 11 is 0. The Balaban J connectivity index is 1.94. The third kappa shape index (κ3) is 6.32. The van der Waals surface area contributed by atoms with Gasteiger partial charge in [-0.05, 0) is 37.6 Å². The lowest BCUT2D eigenvalue weighted by Gasteiger charge is -2.06. The lowest BCUT2D eigenvalue weighted by atomic mass is 10.2. The first-order valence-electron chi connectivity index (χ1n) is 5.61. The van der Waals surface area contributed by atoms with Crippen molar-refractivity contribution in [2.75, 3.05) is 26.3 Å². The maximum atomic E-state index is 5.38. The van der Waals surface area contributed by atoms with Gasteiger partial charge < -0.3 is 10.1 Å². The van der Waals surface area contributed by atoms with Gasteiger partial charge in [0.25, 0.3) is 0 Å². The molecule has 3 heteroatoms. The third-order valence-corrected chi connectivity index (χ3v) is 2.11. The van der Waals surface area contributed by atoms with Crippen molar-refractivity contribution in [2.45, 2.75) is 13.3 Å². The molecular weight excluding hydrogens is 200 g/mol. The summed E-state index contributed by atoms with van der Waals surface area (Å²) in [6.45, 7) is 9.00. The van der Waals surface area contributed by atoms with E-state index in [1.807, 2.05) is 31.5 Å². The van der Waals surface area contributed by atoms with Crippen LogP contribution in [0.3, 0.4) is 0 Å². The van der Waals surface area contributed by atoms with Gasteiger partial charge in [0.05, 0.1) is 13.2 Å². The molecule has 0 aromatic carbocycles. The fourth-order valence-electron chi connectivity index (χ4n) is 1.30. The molecule has 0 fully saturated rings. The van der Waals surface area contributed by atoms with Crippen LogP contribution in [0.1, 0.15) is 12.5 Å². The molecule has 0 saturated carbocycles. The molecule has 1 aromatic rings. The summed E-state index contributed by atoms with van der Waals surface area (Å²) in [4.78, 5) is 3.98. The fraction of sp³-hybridized carbons (Fsp3) is 0.462. The number of rotatable bonds is 8. The van der Waals surface area contributed by atoms with Crippen molar-refractivity contribution in [3.8, 4) is 0 Å². The third-order valence-electron chi connectivity index (χ3n) is 2.11. The van der Waals surface area contributed by atoms with Crippen molar-refractivity contribution in [3.05, 3.63) is 42.2 Å². The molecule has 1 rings (SSSR count).